The predicted octanol–water partition coefficient (Wildman–Crippen LogP) is -0.329. The van der Waals surface area contributed by atoms with Gasteiger partial charge in [0.2, 0.25) is 17.8 Å². The number of hydrogen-bond acceptors (Lipinski definition) is 7. The van der Waals surface area contributed by atoms with E-state index in [1.807, 2.05) is 6.92 Å². The van der Waals surface area contributed by atoms with Crippen molar-refractivity contribution in [1.29, 1.82) is 0 Å². The molecule has 2 aromatic rings. The fourth-order valence-electron chi connectivity index (χ4n) is 1.67. The van der Waals surface area contributed by atoms with Crippen molar-refractivity contribution in [3.63, 3.8) is 0 Å². The number of carbonyl (C=O) groups excluding carboxylic acids is 1. The minimum absolute atomic E-state index is 0.107. The Morgan fingerprint density at radius 1 is 1.33 bits per heavy atom. The van der Waals surface area contributed by atoms with Gasteiger partial charge in [0.25, 0.3) is 5.95 Å². The zero-order valence-corrected chi connectivity index (χ0v) is 12.2. The maximum atomic E-state index is 11.6. The van der Waals surface area contributed by atoms with Gasteiger partial charge in [-0.15, -0.1) is 0 Å². The van der Waals surface area contributed by atoms with Crippen molar-refractivity contribution in [1.82, 2.24) is 30.0 Å². The van der Waals surface area contributed by atoms with Crippen LogP contribution in [0, 0.1) is 0 Å². The lowest BCUT2D eigenvalue weighted by Gasteiger charge is -2.20. The van der Waals surface area contributed by atoms with Crippen molar-refractivity contribution in [2.24, 2.45) is 0 Å². The minimum Gasteiger partial charge on any atom is -0.358 e. The lowest BCUT2D eigenvalue weighted by Crippen LogP contribution is -2.36. The van der Waals surface area contributed by atoms with E-state index < -0.39 is 0 Å². The van der Waals surface area contributed by atoms with E-state index >= 15 is 0 Å². The predicted molar refractivity (Wildman–Crippen MR) is 78.4 cm³/mol. The average Bonchev–Trinajstić information content (AvgIpc) is 3.06. The first-order chi connectivity index (χ1) is 10.2. The summed E-state index contributed by atoms with van der Waals surface area (Å²) in [5, 5.41) is 9.57. The van der Waals surface area contributed by atoms with Crippen molar-refractivity contribution in [3.05, 3.63) is 18.5 Å². The minimum atomic E-state index is -0.107. The van der Waals surface area contributed by atoms with Gasteiger partial charge in [-0.25, -0.2) is 4.68 Å². The van der Waals surface area contributed by atoms with E-state index in [-0.39, 0.29) is 12.5 Å². The highest BCUT2D eigenvalue weighted by atomic mass is 16.1. The summed E-state index contributed by atoms with van der Waals surface area (Å²) in [6, 6.07) is 1.78. The van der Waals surface area contributed by atoms with E-state index in [0.29, 0.717) is 24.4 Å². The summed E-state index contributed by atoms with van der Waals surface area (Å²) in [5.74, 6) is 1.13. The van der Waals surface area contributed by atoms with Crippen molar-refractivity contribution in [2.45, 2.75) is 6.92 Å². The molecule has 112 valence electrons. The molecule has 21 heavy (non-hydrogen) atoms. The zero-order valence-electron chi connectivity index (χ0n) is 12.2. The van der Waals surface area contributed by atoms with E-state index in [9.17, 15) is 4.79 Å². The van der Waals surface area contributed by atoms with Gasteiger partial charge in [-0.2, -0.15) is 20.1 Å². The second-order valence-corrected chi connectivity index (χ2v) is 4.15. The number of likely N-dealkylation sites (N-methyl/N-ethyl adjacent to an activating group) is 2. The molecule has 0 aliphatic carbocycles. The summed E-state index contributed by atoms with van der Waals surface area (Å²) in [4.78, 5) is 26.2. The molecule has 1 amide bonds. The van der Waals surface area contributed by atoms with Gasteiger partial charge in [0, 0.05) is 33.0 Å². The van der Waals surface area contributed by atoms with Gasteiger partial charge in [0.15, 0.2) is 0 Å². The van der Waals surface area contributed by atoms with Crippen LogP contribution in [-0.4, -0.2) is 57.8 Å². The topological polar surface area (TPSA) is 101 Å². The molecule has 0 saturated carbocycles. The van der Waals surface area contributed by atoms with E-state index in [4.69, 9.17) is 0 Å². The van der Waals surface area contributed by atoms with E-state index in [0.717, 1.165) is 0 Å². The maximum absolute atomic E-state index is 11.6. The quantitative estimate of drug-likeness (QED) is 0.751. The summed E-state index contributed by atoms with van der Waals surface area (Å²) in [5.41, 5.74) is 0. The lowest BCUT2D eigenvalue weighted by molar-refractivity contribution is -0.119. The highest BCUT2D eigenvalue weighted by Crippen LogP contribution is 2.12. The molecule has 0 aromatic carbocycles. The van der Waals surface area contributed by atoms with Gasteiger partial charge >= 0.3 is 0 Å². The Bertz CT molecular complexity index is 597. The lowest BCUT2D eigenvalue weighted by atomic mass is 10.5. The molecule has 0 spiro atoms. The number of nitrogens with zero attached hydrogens (tertiary/aromatic N) is 6. The van der Waals surface area contributed by atoms with Crippen LogP contribution in [-0.2, 0) is 4.79 Å². The van der Waals surface area contributed by atoms with Crippen LogP contribution in [0.15, 0.2) is 18.5 Å². The van der Waals surface area contributed by atoms with E-state index in [1.54, 1.807) is 42.1 Å². The Hall–Kier alpha value is -2.71. The van der Waals surface area contributed by atoms with Crippen LogP contribution in [0.4, 0.5) is 11.9 Å². The van der Waals surface area contributed by atoms with Crippen molar-refractivity contribution >= 4 is 17.8 Å². The fraction of sp³-hybridized carbons (Fsp3) is 0.417. The highest BCUT2D eigenvalue weighted by Gasteiger charge is 2.15. The molecular weight excluding hydrogens is 272 g/mol. The Morgan fingerprint density at radius 3 is 2.71 bits per heavy atom. The van der Waals surface area contributed by atoms with Crippen LogP contribution >= 0.6 is 0 Å². The molecule has 0 unspecified atom stereocenters. The Morgan fingerprint density at radius 2 is 2.14 bits per heavy atom. The first-order valence-corrected chi connectivity index (χ1v) is 6.57. The van der Waals surface area contributed by atoms with Crippen LogP contribution in [0.1, 0.15) is 6.92 Å². The molecule has 0 aliphatic heterocycles. The van der Waals surface area contributed by atoms with Crippen LogP contribution in [0.5, 0.6) is 0 Å². The van der Waals surface area contributed by atoms with E-state index in [1.165, 1.54) is 0 Å². The Balaban J connectivity index is 2.37. The fourth-order valence-corrected chi connectivity index (χ4v) is 1.67. The third-order valence-electron chi connectivity index (χ3n) is 2.82. The van der Waals surface area contributed by atoms with Gasteiger partial charge in [-0.3, -0.25) is 4.79 Å². The largest absolute Gasteiger partial charge is 0.358 e. The summed E-state index contributed by atoms with van der Waals surface area (Å²) < 4.78 is 1.54. The zero-order chi connectivity index (χ0) is 15.2. The molecule has 9 heteroatoms. The molecule has 0 radical (unpaired) electrons. The first-order valence-electron chi connectivity index (χ1n) is 6.57. The standard InChI is InChI=1S/C12H18N8O/c1-4-19(8-9(21)13-2)11-16-10(14-3)17-12(18-11)20-7-5-6-15-20/h5-7H,4,8H2,1-3H3,(H,13,21)(H,14,16,17,18). The van der Waals surface area contributed by atoms with Crippen LogP contribution < -0.4 is 15.5 Å². The molecule has 2 aromatic heterocycles. The molecular formula is C12H18N8O. The number of anilines is 2. The second-order valence-electron chi connectivity index (χ2n) is 4.15. The van der Waals surface area contributed by atoms with E-state index in [2.05, 4.69) is 30.7 Å². The van der Waals surface area contributed by atoms with Gasteiger partial charge in [-0.05, 0) is 13.0 Å². The monoisotopic (exact) mass is 290 g/mol. The molecule has 0 fully saturated rings. The third-order valence-corrected chi connectivity index (χ3v) is 2.82. The molecule has 9 nitrogen and oxygen atoms in total. The van der Waals surface area contributed by atoms with Crippen molar-refractivity contribution in [3.8, 4) is 5.95 Å². The molecule has 0 atom stereocenters. The molecule has 2 heterocycles. The SMILES string of the molecule is CCN(CC(=O)NC)c1nc(NC)nc(-n2cccn2)n1. The molecule has 0 bridgehead atoms. The third kappa shape index (κ3) is 3.44. The van der Waals surface area contributed by atoms with Crippen molar-refractivity contribution in [2.75, 3.05) is 37.4 Å². The smallest absolute Gasteiger partial charge is 0.257 e. The van der Waals surface area contributed by atoms with Crippen molar-refractivity contribution < 1.29 is 4.79 Å². The number of hydrogen-bond donors (Lipinski definition) is 2. The number of nitrogens with one attached hydrogen (secondary N) is 2. The Kier molecular flexibility index (Phi) is 4.64. The summed E-state index contributed by atoms with van der Waals surface area (Å²) in [7, 11) is 3.32. The maximum Gasteiger partial charge on any atom is 0.257 e. The molecule has 0 aliphatic rings. The van der Waals surface area contributed by atoms with Gasteiger partial charge < -0.3 is 15.5 Å². The molecule has 2 N–H and O–H groups in total. The number of carbonyl (C=O) groups is 1. The van der Waals surface area contributed by atoms with Crippen LogP contribution in [0.25, 0.3) is 5.95 Å². The van der Waals surface area contributed by atoms with Gasteiger partial charge in [-0.1, -0.05) is 0 Å². The first kappa shape index (κ1) is 14.7. The summed E-state index contributed by atoms with van der Waals surface area (Å²) in [6.45, 7) is 2.71. The normalized spacial score (nSPS) is 10.2. The molecule has 2 rings (SSSR count). The van der Waals surface area contributed by atoms with Crippen LogP contribution in [0.3, 0.4) is 0 Å². The average molecular weight is 290 g/mol. The highest BCUT2D eigenvalue weighted by molar-refractivity contribution is 5.80. The molecule has 0 saturated heterocycles. The number of aromatic nitrogens is 5. The van der Waals surface area contributed by atoms with Gasteiger partial charge in [0.1, 0.15) is 0 Å². The summed E-state index contributed by atoms with van der Waals surface area (Å²) in [6.07, 6.45) is 3.39. The Labute approximate surface area is 122 Å². The second kappa shape index (κ2) is 6.64. The van der Waals surface area contributed by atoms with Crippen LogP contribution in [0.2, 0.25) is 0 Å². The van der Waals surface area contributed by atoms with Gasteiger partial charge in [0.05, 0.1) is 6.54 Å². The summed E-state index contributed by atoms with van der Waals surface area (Å²) >= 11 is 0. The number of rotatable bonds is 6. The number of amides is 1.